The minimum absolute atomic E-state index is 0.124. The molecule has 0 fully saturated rings. The Kier molecular flexibility index (Phi) is 3.39. The summed E-state index contributed by atoms with van der Waals surface area (Å²) in [5.41, 5.74) is 1.74. The number of amides is 1. The van der Waals surface area contributed by atoms with Crippen LogP contribution in [0.2, 0.25) is 0 Å². The van der Waals surface area contributed by atoms with Gasteiger partial charge in [-0.05, 0) is 24.3 Å². The van der Waals surface area contributed by atoms with Crippen molar-refractivity contribution in [2.45, 2.75) is 6.54 Å². The van der Waals surface area contributed by atoms with Crippen LogP contribution < -0.4 is 0 Å². The molecule has 0 bridgehead atoms. The summed E-state index contributed by atoms with van der Waals surface area (Å²) < 4.78 is 0. The summed E-state index contributed by atoms with van der Waals surface area (Å²) in [5.74, 6) is -0.124. The molecule has 2 aromatic rings. The van der Waals surface area contributed by atoms with Crippen LogP contribution in [0.15, 0.2) is 36.7 Å². The van der Waals surface area contributed by atoms with Crippen molar-refractivity contribution in [1.29, 1.82) is 5.26 Å². The van der Waals surface area contributed by atoms with Crippen LogP contribution in [0.1, 0.15) is 21.7 Å². The molecule has 0 aliphatic carbocycles. The number of nitrogens with zero attached hydrogens (tertiary/aromatic N) is 3. The van der Waals surface area contributed by atoms with Crippen LogP contribution >= 0.6 is 0 Å². The van der Waals surface area contributed by atoms with Crippen molar-refractivity contribution in [2.24, 2.45) is 0 Å². The predicted octanol–water partition coefficient (Wildman–Crippen LogP) is 1.55. The van der Waals surface area contributed by atoms with Crippen LogP contribution in [0.3, 0.4) is 0 Å². The number of nitriles is 1. The molecule has 0 aromatic carbocycles. The molecule has 0 aliphatic rings. The van der Waals surface area contributed by atoms with E-state index in [0.717, 1.165) is 5.69 Å². The first kappa shape index (κ1) is 11.9. The van der Waals surface area contributed by atoms with Gasteiger partial charge in [0.2, 0.25) is 0 Å². The number of carbonyl (C=O) groups is 1. The number of rotatable bonds is 3. The Labute approximate surface area is 105 Å². The smallest absolute Gasteiger partial charge is 0.255 e. The Bertz CT molecular complexity index is 566. The Morgan fingerprint density at radius 3 is 2.89 bits per heavy atom. The average molecular weight is 240 g/mol. The monoisotopic (exact) mass is 240 g/mol. The fourth-order valence-corrected chi connectivity index (χ4v) is 1.60. The number of hydrogen-bond donors (Lipinski definition) is 1. The van der Waals surface area contributed by atoms with Crippen LogP contribution in [0.25, 0.3) is 0 Å². The van der Waals surface area contributed by atoms with Crippen molar-refractivity contribution in [1.82, 2.24) is 14.9 Å². The molecule has 5 heteroatoms. The van der Waals surface area contributed by atoms with Crippen LogP contribution in [0, 0.1) is 11.3 Å². The van der Waals surface area contributed by atoms with E-state index in [1.54, 1.807) is 18.0 Å². The van der Waals surface area contributed by atoms with E-state index in [0.29, 0.717) is 17.8 Å². The highest BCUT2D eigenvalue weighted by molar-refractivity contribution is 5.93. The first-order chi connectivity index (χ1) is 8.70. The summed E-state index contributed by atoms with van der Waals surface area (Å²) in [4.78, 5) is 20.6. The number of aromatic amines is 1. The Morgan fingerprint density at radius 2 is 2.33 bits per heavy atom. The first-order valence-electron chi connectivity index (χ1n) is 5.44. The van der Waals surface area contributed by atoms with Crippen LogP contribution in [0.5, 0.6) is 0 Å². The zero-order valence-corrected chi connectivity index (χ0v) is 9.92. The van der Waals surface area contributed by atoms with Crippen LogP contribution in [0.4, 0.5) is 0 Å². The summed E-state index contributed by atoms with van der Waals surface area (Å²) >= 11 is 0. The van der Waals surface area contributed by atoms with Crippen molar-refractivity contribution in [3.63, 3.8) is 0 Å². The third kappa shape index (κ3) is 2.55. The summed E-state index contributed by atoms with van der Waals surface area (Å²) in [6.07, 6.45) is 3.24. The van der Waals surface area contributed by atoms with Crippen molar-refractivity contribution >= 4 is 5.91 Å². The molecule has 0 saturated heterocycles. The minimum Gasteiger partial charge on any atom is -0.364 e. The second-order valence-electron chi connectivity index (χ2n) is 3.90. The van der Waals surface area contributed by atoms with E-state index >= 15 is 0 Å². The molecule has 0 unspecified atom stereocenters. The van der Waals surface area contributed by atoms with Gasteiger partial charge >= 0.3 is 0 Å². The van der Waals surface area contributed by atoms with Crippen molar-refractivity contribution < 1.29 is 4.79 Å². The summed E-state index contributed by atoms with van der Waals surface area (Å²) in [7, 11) is 1.72. The first-order valence-corrected chi connectivity index (χ1v) is 5.44. The van der Waals surface area contributed by atoms with Gasteiger partial charge in [0.25, 0.3) is 5.91 Å². The highest BCUT2D eigenvalue weighted by Gasteiger charge is 2.12. The average Bonchev–Trinajstić information content (AvgIpc) is 2.91. The van der Waals surface area contributed by atoms with Gasteiger partial charge in [0.15, 0.2) is 0 Å². The standard InChI is InChI=1S/C13H12N4O/c1-17(9-12-3-2-6-15-12)13(18)10-4-5-11(7-14)16-8-10/h2-6,8,15H,9H2,1H3. The van der Waals surface area contributed by atoms with Gasteiger partial charge in [-0.15, -0.1) is 0 Å². The molecule has 2 rings (SSSR count). The number of carbonyl (C=O) groups excluding carboxylic acids is 1. The fraction of sp³-hybridized carbons (Fsp3) is 0.154. The Balaban J connectivity index is 2.08. The summed E-state index contributed by atoms with van der Waals surface area (Å²) in [5, 5.41) is 8.64. The SMILES string of the molecule is CN(Cc1ccc[nH]1)C(=O)c1ccc(C#N)nc1. The largest absolute Gasteiger partial charge is 0.364 e. The van der Waals surface area contributed by atoms with Crippen molar-refractivity contribution in [3.05, 3.63) is 53.6 Å². The molecule has 0 saturated carbocycles. The summed E-state index contributed by atoms with van der Waals surface area (Å²) in [6, 6.07) is 8.87. The number of nitrogens with one attached hydrogen (secondary N) is 1. The van der Waals surface area contributed by atoms with Gasteiger partial charge in [-0.2, -0.15) is 5.26 Å². The minimum atomic E-state index is -0.124. The second kappa shape index (κ2) is 5.15. The van der Waals surface area contributed by atoms with Gasteiger partial charge in [0.1, 0.15) is 11.8 Å². The maximum absolute atomic E-state index is 12.1. The lowest BCUT2D eigenvalue weighted by Gasteiger charge is -2.16. The second-order valence-corrected chi connectivity index (χ2v) is 3.90. The molecule has 1 amide bonds. The van der Waals surface area contributed by atoms with E-state index in [9.17, 15) is 4.79 Å². The predicted molar refractivity (Wildman–Crippen MR) is 65.5 cm³/mol. The van der Waals surface area contributed by atoms with E-state index in [4.69, 9.17) is 5.26 Å². The molecule has 1 N–H and O–H groups in total. The Morgan fingerprint density at radius 1 is 1.50 bits per heavy atom. The molecule has 0 atom stereocenters. The van der Waals surface area contributed by atoms with Gasteiger partial charge in [0, 0.05) is 25.1 Å². The van der Waals surface area contributed by atoms with Gasteiger partial charge < -0.3 is 9.88 Å². The molecule has 90 valence electrons. The van der Waals surface area contributed by atoms with Crippen LogP contribution in [-0.2, 0) is 6.54 Å². The van der Waals surface area contributed by atoms with E-state index in [2.05, 4.69) is 9.97 Å². The van der Waals surface area contributed by atoms with Gasteiger partial charge in [-0.25, -0.2) is 4.98 Å². The normalized spacial score (nSPS) is 9.78. The lowest BCUT2D eigenvalue weighted by Crippen LogP contribution is -2.26. The fourth-order valence-electron chi connectivity index (χ4n) is 1.60. The van der Waals surface area contributed by atoms with E-state index in [1.807, 2.05) is 24.4 Å². The third-order valence-electron chi connectivity index (χ3n) is 2.54. The Hall–Kier alpha value is -2.61. The van der Waals surface area contributed by atoms with Gasteiger partial charge in [-0.1, -0.05) is 0 Å². The maximum atomic E-state index is 12.1. The van der Waals surface area contributed by atoms with E-state index in [-0.39, 0.29) is 5.91 Å². The zero-order valence-electron chi connectivity index (χ0n) is 9.92. The molecular formula is C13H12N4O. The molecule has 5 nitrogen and oxygen atoms in total. The molecule has 0 radical (unpaired) electrons. The van der Waals surface area contributed by atoms with Gasteiger partial charge in [-0.3, -0.25) is 4.79 Å². The van der Waals surface area contributed by atoms with Gasteiger partial charge in [0.05, 0.1) is 12.1 Å². The molecule has 2 aromatic heterocycles. The van der Waals surface area contributed by atoms with E-state index in [1.165, 1.54) is 12.3 Å². The van der Waals surface area contributed by atoms with Crippen LogP contribution in [-0.4, -0.2) is 27.8 Å². The molecule has 0 spiro atoms. The quantitative estimate of drug-likeness (QED) is 0.884. The molecular weight excluding hydrogens is 228 g/mol. The summed E-state index contributed by atoms with van der Waals surface area (Å²) in [6.45, 7) is 0.506. The van der Waals surface area contributed by atoms with E-state index < -0.39 is 0 Å². The topological polar surface area (TPSA) is 72.8 Å². The number of pyridine rings is 1. The molecule has 0 aliphatic heterocycles. The lowest BCUT2D eigenvalue weighted by atomic mass is 10.2. The van der Waals surface area contributed by atoms with Crippen molar-refractivity contribution in [3.8, 4) is 6.07 Å². The highest BCUT2D eigenvalue weighted by Crippen LogP contribution is 2.06. The highest BCUT2D eigenvalue weighted by atomic mass is 16.2. The molecule has 2 heterocycles. The van der Waals surface area contributed by atoms with Crippen molar-refractivity contribution in [2.75, 3.05) is 7.05 Å². The number of hydrogen-bond acceptors (Lipinski definition) is 3. The third-order valence-corrected chi connectivity index (χ3v) is 2.54. The maximum Gasteiger partial charge on any atom is 0.255 e. The number of H-pyrrole nitrogens is 1. The number of aromatic nitrogens is 2. The zero-order chi connectivity index (χ0) is 13.0. The molecule has 18 heavy (non-hydrogen) atoms. The lowest BCUT2D eigenvalue weighted by molar-refractivity contribution is 0.0783.